The molecule has 0 aromatic carbocycles. The first-order chi connectivity index (χ1) is 39.0. The molecule has 0 aliphatic heterocycles. The van der Waals surface area contributed by atoms with Crippen molar-refractivity contribution < 1.29 is 24.5 Å². The van der Waals surface area contributed by atoms with Crippen molar-refractivity contribution in [1.82, 2.24) is 5.32 Å². The summed E-state index contributed by atoms with van der Waals surface area (Å²) in [6.07, 6.45) is 87.7. The first-order valence-electron chi connectivity index (χ1n) is 35.7. The Hall–Kier alpha value is -1.92. The molecule has 0 saturated heterocycles. The fraction of sp³-hybridized carbons (Fsp3) is 0.890. The van der Waals surface area contributed by atoms with E-state index >= 15 is 0 Å². The van der Waals surface area contributed by atoms with Gasteiger partial charge in [0.05, 0.1) is 25.4 Å². The first kappa shape index (κ1) is 77.1. The number of amides is 1. The highest BCUT2D eigenvalue weighted by molar-refractivity contribution is 5.76. The number of nitrogens with one attached hydrogen (secondary N) is 1. The molecule has 0 aromatic heterocycles. The number of rotatable bonds is 67. The van der Waals surface area contributed by atoms with Crippen molar-refractivity contribution in [2.75, 3.05) is 13.2 Å². The Labute approximate surface area is 494 Å². The topological polar surface area (TPSA) is 95.9 Å². The standard InChI is InChI=1S/C73H139NO5/c1-3-5-7-9-11-13-15-17-19-39-43-47-51-55-59-63-67-73(78)79-68-64-60-56-52-48-44-40-37-35-33-31-29-27-25-23-21-20-22-24-26-28-30-32-34-36-38-42-46-50-54-58-62-66-72(77)74-70(69-75)71(76)65-61-57-53-49-45-41-18-16-14-12-10-8-6-4-2/h13,15,19,23,25,39,70-71,75-76H,3-12,14,16-18,20-22,24,26-38,40-69H2,1-2H3,(H,74,77)/b15-13-,25-23-,39-19-. The average molecular weight is 1110 g/mol. The van der Waals surface area contributed by atoms with Crippen LogP contribution in [0.3, 0.4) is 0 Å². The van der Waals surface area contributed by atoms with Gasteiger partial charge in [-0.2, -0.15) is 0 Å². The van der Waals surface area contributed by atoms with E-state index in [1.54, 1.807) is 0 Å². The van der Waals surface area contributed by atoms with Gasteiger partial charge in [0.15, 0.2) is 0 Å². The van der Waals surface area contributed by atoms with Gasteiger partial charge < -0.3 is 20.3 Å². The molecule has 0 aliphatic carbocycles. The average Bonchev–Trinajstić information content (AvgIpc) is 3.45. The van der Waals surface area contributed by atoms with Gasteiger partial charge in [0.25, 0.3) is 0 Å². The monoisotopic (exact) mass is 1110 g/mol. The van der Waals surface area contributed by atoms with Crippen molar-refractivity contribution in [2.45, 2.75) is 405 Å². The number of hydrogen-bond acceptors (Lipinski definition) is 5. The van der Waals surface area contributed by atoms with Crippen molar-refractivity contribution >= 4 is 11.9 Å². The van der Waals surface area contributed by atoms with E-state index in [9.17, 15) is 19.8 Å². The van der Waals surface area contributed by atoms with Crippen LogP contribution < -0.4 is 5.32 Å². The summed E-state index contributed by atoms with van der Waals surface area (Å²) in [5, 5.41) is 23.3. The van der Waals surface area contributed by atoms with Crippen molar-refractivity contribution in [3.8, 4) is 0 Å². The summed E-state index contributed by atoms with van der Waals surface area (Å²) in [4.78, 5) is 24.6. The van der Waals surface area contributed by atoms with E-state index in [4.69, 9.17) is 4.74 Å². The molecule has 0 saturated carbocycles. The lowest BCUT2D eigenvalue weighted by Gasteiger charge is -2.22. The fourth-order valence-corrected chi connectivity index (χ4v) is 11.2. The van der Waals surface area contributed by atoms with Crippen molar-refractivity contribution in [1.29, 1.82) is 0 Å². The molecular formula is C73H139NO5. The lowest BCUT2D eigenvalue weighted by molar-refractivity contribution is -0.143. The van der Waals surface area contributed by atoms with Gasteiger partial charge in [0.1, 0.15) is 0 Å². The van der Waals surface area contributed by atoms with E-state index in [0.29, 0.717) is 25.9 Å². The Morgan fingerprint density at radius 2 is 0.633 bits per heavy atom. The minimum absolute atomic E-state index is 0.00505. The molecular weight excluding hydrogens is 971 g/mol. The minimum atomic E-state index is -0.662. The molecule has 0 bridgehead atoms. The normalized spacial score (nSPS) is 12.7. The Kier molecular flexibility index (Phi) is 66.9. The predicted molar refractivity (Wildman–Crippen MR) is 347 cm³/mol. The molecule has 2 unspecified atom stereocenters. The zero-order valence-corrected chi connectivity index (χ0v) is 53.4. The van der Waals surface area contributed by atoms with Crippen LogP contribution in [0.25, 0.3) is 0 Å². The summed E-state index contributed by atoms with van der Waals surface area (Å²) < 4.78 is 5.49. The maximum Gasteiger partial charge on any atom is 0.305 e. The highest BCUT2D eigenvalue weighted by Crippen LogP contribution is 2.19. The summed E-state index contributed by atoms with van der Waals surface area (Å²) in [6, 6.07) is -0.539. The number of esters is 1. The lowest BCUT2D eigenvalue weighted by Crippen LogP contribution is -2.45. The van der Waals surface area contributed by atoms with E-state index in [-0.39, 0.29) is 18.5 Å². The van der Waals surface area contributed by atoms with E-state index in [2.05, 4.69) is 55.6 Å². The summed E-state index contributed by atoms with van der Waals surface area (Å²) in [5.74, 6) is -0.0252. The second-order valence-corrected chi connectivity index (χ2v) is 24.6. The van der Waals surface area contributed by atoms with Crippen LogP contribution in [0.2, 0.25) is 0 Å². The Bertz CT molecular complexity index is 1280. The second-order valence-electron chi connectivity index (χ2n) is 24.6. The number of hydrogen-bond donors (Lipinski definition) is 3. The lowest BCUT2D eigenvalue weighted by atomic mass is 10.0. The van der Waals surface area contributed by atoms with Crippen LogP contribution in [0.4, 0.5) is 0 Å². The van der Waals surface area contributed by atoms with E-state index in [1.165, 1.54) is 308 Å². The molecule has 2 atom stereocenters. The quantitative estimate of drug-likeness (QED) is 0.0320. The SMILES string of the molecule is CCCCCC/C=C\C/C=C\CCCCCCCC(=O)OCCCCCCCCCCCCCC/C=C\CCCCCCCCCCCCCCCCCCC(=O)NC(CO)C(O)CCCCCCCCCCCCCCCC. The molecule has 6 nitrogen and oxygen atoms in total. The molecule has 0 aliphatic rings. The molecule has 1 amide bonds. The van der Waals surface area contributed by atoms with E-state index in [1.807, 2.05) is 0 Å². The molecule has 0 heterocycles. The van der Waals surface area contributed by atoms with Crippen LogP contribution in [0.15, 0.2) is 36.5 Å². The molecule has 0 spiro atoms. The number of unbranched alkanes of at least 4 members (excludes halogenated alkanes) is 50. The number of ether oxygens (including phenoxy) is 1. The highest BCUT2D eigenvalue weighted by atomic mass is 16.5. The fourth-order valence-electron chi connectivity index (χ4n) is 11.2. The van der Waals surface area contributed by atoms with Gasteiger partial charge in [0.2, 0.25) is 5.91 Å². The molecule has 0 fully saturated rings. The van der Waals surface area contributed by atoms with E-state index < -0.39 is 12.1 Å². The number of aliphatic hydroxyl groups excluding tert-OH is 2. The van der Waals surface area contributed by atoms with Crippen molar-refractivity contribution in [2.24, 2.45) is 0 Å². The van der Waals surface area contributed by atoms with E-state index in [0.717, 1.165) is 51.4 Å². The molecule has 79 heavy (non-hydrogen) atoms. The summed E-state index contributed by atoms with van der Waals surface area (Å²) in [6.45, 7) is 4.96. The summed E-state index contributed by atoms with van der Waals surface area (Å²) in [7, 11) is 0. The van der Waals surface area contributed by atoms with Crippen molar-refractivity contribution in [3.63, 3.8) is 0 Å². The Morgan fingerprint density at radius 1 is 0.354 bits per heavy atom. The van der Waals surface area contributed by atoms with Gasteiger partial charge in [-0.05, 0) is 83.5 Å². The molecule has 0 rings (SSSR count). The van der Waals surface area contributed by atoms with Gasteiger partial charge in [-0.3, -0.25) is 9.59 Å². The minimum Gasteiger partial charge on any atom is -0.466 e. The number of allylic oxidation sites excluding steroid dienone is 6. The third-order valence-electron chi connectivity index (χ3n) is 16.7. The van der Waals surface area contributed by atoms with Gasteiger partial charge in [-0.15, -0.1) is 0 Å². The number of aliphatic hydroxyl groups is 2. The van der Waals surface area contributed by atoms with Crippen LogP contribution in [0.5, 0.6) is 0 Å². The van der Waals surface area contributed by atoms with Gasteiger partial charge in [-0.25, -0.2) is 0 Å². The zero-order chi connectivity index (χ0) is 57.1. The van der Waals surface area contributed by atoms with Crippen LogP contribution in [-0.2, 0) is 14.3 Å². The van der Waals surface area contributed by atoms with Crippen LogP contribution >= 0.6 is 0 Å². The number of carbonyl (C=O) groups is 2. The zero-order valence-electron chi connectivity index (χ0n) is 53.4. The Balaban J connectivity index is 3.35. The first-order valence-corrected chi connectivity index (χ1v) is 35.7. The van der Waals surface area contributed by atoms with Crippen LogP contribution in [0, 0.1) is 0 Å². The van der Waals surface area contributed by atoms with Crippen LogP contribution in [0.1, 0.15) is 393 Å². The largest absolute Gasteiger partial charge is 0.466 e. The van der Waals surface area contributed by atoms with Gasteiger partial charge in [0, 0.05) is 12.8 Å². The smallest absolute Gasteiger partial charge is 0.305 e. The molecule has 0 radical (unpaired) electrons. The highest BCUT2D eigenvalue weighted by Gasteiger charge is 2.20. The van der Waals surface area contributed by atoms with Crippen molar-refractivity contribution in [3.05, 3.63) is 36.5 Å². The maximum absolute atomic E-state index is 12.5. The second kappa shape index (κ2) is 68.6. The molecule has 3 N–H and O–H groups in total. The molecule has 466 valence electrons. The van der Waals surface area contributed by atoms with Gasteiger partial charge >= 0.3 is 5.97 Å². The molecule has 0 aromatic rings. The summed E-state index contributed by atoms with van der Waals surface area (Å²) in [5.41, 5.74) is 0. The van der Waals surface area contributed by atoms with Crippen LogP contribution in [-0.4, -0.2) is 47.4 Å². The third-order valence-corrected chi connectivity index (χ3v) is 16.7. The summed E-state index contributed by atoms with van der Waals surface area (Å²) >= 11 is 0. The Morgan fingerprint density at radius 3 is 0.987 bits per heavy atom. The van der Waals surface area contributed by atoms with Gasteiger partial charge in [-0.1, -0.05) is 333 Å². The third kappa shape index (κ3) is 65.1. The number of carbonyl (C=O) groups excluding carboxylic acids is 2. The molecule has 6 heteroatoms. The predicted octanol–water partition coefficient (Wildman–Crippen LogP) is 23.1. The maximum atomic E-state index is 12.5.